The van der Waals surface area contributed by atoms with Crippen molar-refractivity contribution in [3.05, 3.63) is 64.2 Å². The second-order valence-electron chi connectivity index (χ2n) is 5.40. The second kappa shape index (κ2) is 7.41. The summed E-state index contributed by atoms with van der Waals surface area (Å²) in [5.41, 5.74) is 4.13. The van der Waals surface area contributed by atoms with Crippen molar-refractivity contribution in [3.63, 3.8) is 0 Å². The minimum atomic E-state index is -3.49. The summed E-state index contributed by atoms with van der Waals surface area (Å²) in [6, 6.07) is 12.4. The van der Waals surface area contributed by atoms with Crippen LogP contribution in [0.5, 0.6) is 0 Å². The molecule has 2 aromatic rings. The first-order valence-electron chi connectivity index (χ1n) is 7.30. The molecule has 0 aliphatic heterocycles. The van der Waals surface area contributed by atoms with Gasteiger partial charge in [0.15, 0.2) is 0 Å². The van der Waals surface area contributed by atoms with Gasteiger partial charge in [-0.1, -0.05) is 24.3 Å². The largest absolute Gasteiger partial charge is 0.294 e. The molecule has 0 unspecified atom stereocenters. The van der Waals surface area contributed by atoms with Gasteiger partial charge >= 0.3 is 0 Å². The van der Waals surface area contributed by atoms with E-state index in [9.17, 15) is 18.5 Å². The van der Waals surface area contributed by atoms with Gasteiger partial charge in [-0.2, -0.15) is 5.10 Å². The third-order valence-electron chi connectivity index (χ3n) is 3.50. The summed E-state index contributed by atoms with van der Waals surface area (Å²) in [6.07, 6.45) is 0. The number of hydrazone groups is 1. The molecular formula is C16H18N4O4S. The quantitative estimate of drug-likeness (QED) is 0.483. The van der Waals surface area contributed by atoms with Crippen LogP contribution in [0.1, 0.15) is 12.5 Å². The fourth-order valence-corrected chi connectivity index (χ4v) is 2.92. The Morgan fingerprint density at radius 2 is 1.72 bits per heavy atom. The van der Waals surface area contributed by atoms with E-state index in [-0.39, 0.29) is 16.3 Å². The highest BCUT2D eigenvalue weighted by Gasteiger charge is 2.17. The van der Waals surface area contributed by atoms with Gasteiger partial charge in [-0.15, -0.1) is 0 Å². The molecule has 0 saturated carbocycles. The van der Waals surface area contributed by atoms with Crippen LogP contribution in [0.3, 0.4) is 0 Å². The van der Waals surface area contributed by atoms with E-state index in [2.05, 4.69) is 10.5 Å². The molecule has 2 aromatic carbocycles. The standard InChI is InChI=1S/C16H18N4O4S/c1-12(17-18-15-6-4-5-7-16(15)20(21)22)13-8-10-14(11-9-13)25(23,24)19(2)3/h4-11,18H,1-3H3/b17-12-. The summed E-state index contributed by atoms with van der Waals surface area (Å²) in [4.78, 5) is 10.7. The molecule has 2 rings (SSSR count). The average Bonchev–Trinajstić information content (AvgIpc) is 2.59. The maximum atomic E-state index is 12.0. The summed E-state index contributed by atoms with van der Waals surface area (Å²) in [5, 5.41) is 15.1. The summed E-state index contributed by atoms with van der Waals surface area (Å²) < 4.78 is 25.2. The SMILES string of the molecule is C/C(=N/Nc1ccccc1[N+](=O)[O-])c1ccc(S(=O)(=O)N(C)C)cc1. The number of nitro benzene ring substituents is 1. The topological polar surface area (TPSA) is 105 Å². The number of nitrogens with zero attached hydrogens (tertiary/aromatic N) is 3. The number of para-hydroxylation sites is 2. The Hall–Kier alpha value is -2.78. The number of nitro groups is 1. The molecule has 0 atom stereocenters. The molecule has 0 amide bonds. The van der Waals surface area contributed by atoms with Crippen LogP contribution in [-0.4, -0.2) is 37.5 Å². The van der Waals surface area contributed by atoms with Gasteiger partial charge in [0.25, 0.3) is 5.69 Å². The van der Waals surface area contributed by atoms with Gasteiger partial charge in [0, 0.05) is 20.2 Å². The van der Waals surface area contributed by atoms with E-state index in [1.807, 2.05) is 0 Å². The normalized spacial score (nSPS) is 12.2. The van der Waals surface area contributed by atoms with E-state index in [0.717, 1.165) is 4.31 Å². The smallest absolute Gasteiger partial charge is 0.271 e. The molecule has 0 aliphatic rings. The molecule has 8 nitrogen and oxygen atoms in total. The van der Waals surface area contributed by atoms with E-state index in [1.54, 1.807) is 37.3 Å². The fraction of sp³-hybridized carbons (Fsp3) is 0.188. The van der Waals surface area contributed by atoms with Gasteiger partial charge in [-0.3, -0.25) is 15.5 Å². The molecule has 0 aliphatic carbocycles. The van der Waals surface area contributed by atoms with Gasteiger partial charge in [0.2, 0.25) is 10.0 Å². The van der Waals surface area contributed by atoms with Crippen molar-refractivity contribution in [2.75, 3.05) is 19.5 Å². The molecular weight excluding hydrogens is 344 g/mol. The van der Waals surface area contributed by atoms with E-state index in [4.69, 9.17) is 0 Å². The van der Waals surface area contributed by atoms with Crippen molar-refractivity contribution in [1.29, 1.82) is 0 Å². The molecule has 25 heavy (non-hydrogen) atoms. The molecule has 0 aromatic heterocycles. The lowest BCUT2D eigenvalue weighted by molar-refractivity contribution is -0.384. The van der Waals surface area contributed by atoms with Crippen molar-refractivity contribution < 1.29 is 13.3 Å². The van der Waals surface area contributed by atoms with Crippen LogP contribution < -0.4 is 5.43 Å². The van der Waals surface area contributed by atoms with Crippen molar-refractivity contribution in [1.82, 2.24) is 4.31 Å². The summed E-state index contributed by atoms with van der Waals surface area (Å²) >= 11 is 0. The molecule has 132 valence electrons. The lowest BCUT2D eigenvalue weighted by Crippen LogP contribution is -2.22. The Kier molecular flexibility index (Phi) is 5.50. The van der Waals surface area contributed by atoms with Gasteiger partial charge in [0.05, 0.1) is 15.5 Å². The number of sulfonamides is 1. The van der Waals surface area contributed by atoms with Gasteiger partial charge in [0.1, 0.15) is 5.69 Å². The number of benzene rings is 2. The zero-order chi connectivity index (χ0) is 18.6. The maximum absolute atomic E-state index is 12.0. The molecule has 0 saturated heterocycles. The van der Waals surface area contributed by atoms with Crippen LogP contribution in [0.4, 0.5) is 11.4 Å². The van der Waals surface area contributed by atoms with E-state index in [0.29, 0.717) is 11.3 Å². The first-order chi connectivity index (χ1) is 11.7. The van der Waals surface area contributed by atoms with Crippen molar-refractivity contribution >= 4 is 27.1 Å². The predicted molar refractivity (Wildman–Crippen MR) is 96.2 cm³/mol. The molecule has 0 spiro atoms. The van der Waals surface area contributed by atoms with Gasteiger partial charge in [-0.05, 0) is 30.7 Å². The minimum Gasteiger partial charge on any atom is -0.271 e. The Morgan fingerprint density at radius 3 is 2.28 bits per heavy atom. The predicted octanol–water partition coefficient (Wildman–Crippen LogP) is 2.68. The maximum Gasteiger partial charge on any atom is 0.294 e. The molecule has 0 bridgehead atoms. The Bertz CT molecular complexity index is 906. The number of nitrogens with one attached hydrogen (secondary N) is 1. The zero-order valence-electron chi connectivity index (χ0n) is 14.0. The number of anilines is 1. The van der Waals surface area contributed by atoms with E-state index < -0.39 is 14.9 Å². The first kappa shape index (κ1) is 18.6. The lowest BCUT2D eigenvalue weighted by Gasteiger charge is -2.11. The minimum absolute atomic E-state index is 0.0773. The number of hydrogen-bond donors (Lipinski definition) is 1. The molecule has 9 heteroatoms. The molecule has 1 N–H and O–H groups in total. The van der Waals surface area contributed by atoms with Crippen molar-refractivity contribution in [2.24, 2.45) is 5.10 Å². The molecule has 0 radical (unpaired) electrons. The number of rotatable bonds is 6. The Morgan fingerprint density at radius 1 is 1.12 bits per heavy atom. The van der Waals surface area contributed by atoms with Gasteiger partial charge < -0.3 is 0 Å². The Balaban J connectivity index is 2.23. The van der Waals surface area contributed by atoms with E-state index >= 15 is 0 Å². The zero-order valence-corrected chi connectivity index (χ0v) is 14.8. The highest BCUT2D eigenvalue weighted by atomic mass is 32.2. The summed E-state index contributed by atoms with van der Waals surface area (Å²) in [5.74, 6) is 0. The Labute approximate surface area is 146 Å². The fourth-order valence-electron chi connectivity index (χ4n) is 2.01. The van der Waals surface area contributed by atoms with Crippen LogP contribution in [0, 0.1) is 10.1 Å². The highest BCUT2D eigenvalue weighted by molar-refractivity contribution is 7.89. The number of hydrogen-bond acceptors (Lipinski definition) is 6. The summed E-state index contributed by atoms with van der Waals surface area (Å²) in [7, 11) is -0.557. The van der Waals surface area contributed by atoms with Crippen molar-refractivity contribution in [3.8, 4) is 0 Å². The molecule has 0 fully saturated rings. The summed E-state index contributed by atoms with van der Waals surface area (Å²) in [6.45, 7) is 1.72. The third kappa shape index (κ3) is 4.20. The van der Waals surface area contributed by atoms with Crippen molar-refractivity contribution in [2.45, 2.75) is 11.8 Å². The third-order valence-corrected chi connectivity index (χ3v) is 5.32. The van der Waals surface area contributed by atoms with Gasteiger partial charge in [-0.25, -0.2) is 12.7 Å². The van der Waals surface area contributed by atoms with E-state index in [1.165, 1.54) is 32.3 Å². The highest BCUT2D eigenvalue weighted by Crippen LogP contribution is 2.23. The monoisotopic (exact) mass is 362 g/mol. The van der Waals surface area contributed by atoms with Crippen LogP contribution >= 0.6 is 0 Å². The first-order valence-corrected chi connectivity index (χ1v) is 8.74. The van der Waals surface area contributed by atoms with Crippen LogP contribution in [0.2, 0.25) is 0 Å². The lowest BCUT2D eigenvalue weighted by atomic mass is 10.1. The van der Waals surface area contributed by atoms with Crippen LogP contribution in [0.15, 0.2) is 58.5 Å². The van der Waals surface area contributed by atoms with Crippen LogP contribution in [-0.2, 0) is 10.0 Å². The van der Waals surface area contributed by atoms with Crippen LogP contribution in [0.25, 0.3) is 0 Å². The second-order valence-corrected chi connectivity index (χ2v) is 7.55. The average molecular weight is 362 g/mol. The molecule has 0 heterocycles.